The van der Waals surface area contributed by atoms with Gasteiger partial charge in [-0.15, -0.1) is 0 Å². The third-order valence-corrected chi connectivity index (χ3v) is 0.777. The number of carbonyl (C=O) groups is 1. The van der Waals surface area contributed by atoms with Gasteiger partial charge in [0, 0.05) is 19.4 Å². The molecule has 0 spiro atoms. The zero-order chi connectivity index (χ0) is 5.28. The Morgan fingerprint density at radius 2 is 2.57 bits per heavy atom. The topological polar surface area (TPSA) is 34.4 Å². The molecule has 0 aromatic rings. The van der Waals surface area contributed by atoms with E-state index in [0.717, 1.165) is 0 Å². The summed E-state index contributed by atoms with van der Waals surface area (Å²) in [5, 5.41) is 3.42. The summed E-state index contributed by atoms with van der Waals surface area (Å²) in [5.41, 5.74) is 0. The fourth-order valence-electron chi connectivity index (χ4n) is 0.352. The third kappa shape index (κ3) is 0.559. The highest BCUT2D eigenvalue weighted by Gasteiger charge is 2.08. The van der Waals surface area contributed by atoms with Crippen LogP contribution in [0.1, 0.15) is 0 Å². The maximum atomic E-state index is 10.3. The first kappa shape index (κ1) is 4.18. The highest BCUT2D eigenvalue weighted by Crippen LogP contribution is 1.92. The van der Waals surface area contributed by atoms with Gasteiger partial charge in [0.2, 0.25) is 0 Å². The molecule has 1 aliphatic heterocycles. The molecule has 0 aromatic heterocycles. The van der Waals surface area contributed by atoms with E-state index < -0.39 is 0 Å². The Balaban J connectivity index is 2.62. The van der Waals surface area contributed by atoms with E-state index in [1.165, 1.54) is 11.1 Å². The van der Waals surface area contributed by atoms with E-state index in [0.29, 0.717) is 0 Å². The van der Waals surface area contributed by atoms with Gasteiger partial charge in [-0.2, -0.15) is 0 Å². The van der Waals surface area contributed by atoms with Crippen molar-refractivity contribution >= 4 is 6.03 Å². The molecule has 0 N–H and O–H groups in total. The minimum absolute atomic E-state index is 0.194. The minimum Gasteiger partial charge on any atom is -0.301 e. The molecule has 3 nitrogen and oxygen atoms in total. The van der Waals surface area contributed by atoms with Crippen molar-refractivity contribution in [2.75, 3.05) is 7.05 Å². The van der Waals surface area contributed by atoms with Crippen LogP contribution in [0, 0.1) is 0 Å². The summed E-state index contributed by atoms with van der Waals surface area (Å²) in [7, 11) is 1.66. The average Bonchev–Trinajstić information content (AvgIpc) is 1.91. The van der Waals surface area contributed by atoms with E-state index in [9.17, 15) is 4.79 Å². The number of hydrogen-bond acceptors (Lipinski definition) is 1. The van der Waals surface area contributed by atoms with Crippen LogP contribution in [-0.2, 0) is 0 Å². The molecule has 0 saturated heterocycles. The van der Waals surface area contributed by atoms with Gasteiger partial charge in [0.15, 0.2) is 0 Å². The van der Waals surface area contributed by atoms with E-state index >= 15 is 0 Å². The third-order valence-electron chi connectivity index (χ3n) is 0.777. The van der Waals surface area contributed by atoms with Crippen LogP contribution in [0.5, 0.6) is 0 Å². The molecular weight excluding hydrogens is 92.1 g/mol. The van der Waals surface area contributed by atoms with Crippen molar-refractivity contribution in [2.24, 2.45) is 0 Å². The maximum absolute atomic E-state index is 10.3. The van der Waals surface area contributed by atoms with Gasteiger partial charge in [-0.3, -0.25) is 0 Å². The van der Waals surface area contributed by atoms with Crippen LogP contribution >= 0.6 is 0 Å². The number of amides is 2. The summed E-state index contributed by atoms with van der Waals surface area (Å²) >= 11 is 0. The molecule has 0 aliphatic carbocycles. The summed E-state index contributed by atoms with van der Waals surface area (Å²) in [6, 6.07) is -0.194. The standard InChI is InChI=1S/C4H5N2O/c1-6-3-2-5-4(6)7/h2-3H,1H3. The Hall–Kier alpha value is -0.990. The van der Waals surface area contributed by atoms with Crippen LogP contribution in [-0.4, -0.2) is 18.0 Å². The molecule has 1 heterocycles. The number of hydrogen-bond donors (Lipinski definition) is 0. The predicted octanol–water partition coefficient (Wildman–Crippen LogP) is 0.127. The Morgan fingerprint density at radius 1 is 1.86 bits per heavy atom. The van der Waals surface area contributed by atoms with Gasteiger partial charge in [0.25, 0.3) is 0 Å². The summed E-state index contributed by atoms with van der Waals surface area (Å²) < 4.78 is 0. The molecule has 0 fully saturated rings. The lowest BCUT2D eigenvalue weighted by atomic mass is 10.8. The van der Waals surface area contributed by atoms with Gasteiger partial charge in [-0.1, -0.05) is 0 Å². The molecule has 0 atom stereocenters. The van der Waals surface area contributed by atoms with Crippen LogP contribution < -0.4 is 5.32 Å². The van der Waals surface area contributed by atoms with Gasteiger partial charge in [0.1, 0.15) is 0 Å². The first-order valence-corrected chi connectivity index (χ1v) is 1.95. The van der Waals surface area contributed by atoms with E-state index in [2.05, 4.69) is 5.32 Å². The van der Waals surface area contributed by atoms with E-state index in [1.54, 1.807) is 13.2 Å². The molecule has 7 heavy (non-hydrogen) atoms. The predicted molar refractivity (Wildman–Crippen MR) is 24.4 cm³/mol. The van der Waals surface area contributed by atoms with Crippen molar-refractivity contribution < 1.29 is 4.79 Å². The largest absolute Gasteiger partial charge is 0.347 e. The lowest BCUT2D eigenvalue weighted by Gasteiger charge is -1.98. The number of urea groups is 1. The van der Waals surface area contributed by atoms with E-state index in [1.807, 2.05) is 0 Å². The average molecular weight is 97.1 g/mol. The monoisotopic (exact) mass is 97.0 g/mol. The highest BCUT2D eigenvalue weighted by molar-refractivity contribution is 5.77. The van der Waals surface area contributed by atoms with Crippen molar-refractivity contribution in [3.8, 4) is 0 Å². The second-order valence-electron chi connectivity index (χ2n) is 1.32. The van der Waals surface area contributed by atoms with Gasteiger partial charge < -0.3 is 4.90 Å². The Bertz CT molecular complexity index is 119. The summed E-state index contributed by atoms with van der Waals surface area (Å²) in [5.74, 6) is 0. The van der Waals surface area contributed by atoms with Crippen LogP contribution in [0.3, 0.4) is 0 Å². The minimum atomic E-state index is -0.194. The lowest BCUT2D eigenvalue weighted by molar-refractivity contribution is 0.229. The van der Waals surface area contributed by atoms with Crippen LogP contribution in [0.15, 0.2) is 12.4 Å². The summed E-state index contributed by atoms with van der Waals surface area (Å²) in [4.78, 5) is 11.7. The smallest absolute Gasteiger partial charge is 0.301 e. The number of nitrogens with zero attached hydrogens (tertiary/aromatic N) is 2. The number of carbonyl (C=O) groups excluding carboxylic acids is 1. The van der Waals surface area contributed by atoms with E-state index in [4.69, 9.17) is 0 Å². The molecule has 37 valence electrons. The molecule has 1 radical (unpaired) electrons. The normalized spacial score (nSPS) is 17.9. The van der Waals surface area contributed by atoms with Crippen molar-refractivity contribution in [1.82, 2.24) is 10.2 Å². The van der Waals surface area contributed by atoms with Crippen molar-refractivity contribution in [1.29, 1.82) is 0 Å². The Morgan fingerprint density at radius 3 is 2.71 bits per heavy atom. The van der Waals surface area contributed by atoms with Crippen LogP contribution in [0.2, 0.25) is 0 Å². The quantitative estimate of drug-likeness (QED) is 0.423. The van der Waals surface area contributed by atoms with Gasteiger partial charge in [-0.25, -0.2) is 10.1 Å². The van der Waals surface area contributed by atoms with Crippen LogP contribution in [0.4, 0.5) is 4.79 Å². The fourth-order valence-corrected chi connectivity index (χ4v) is 0.352. The second kappa shape index (κ2) is 1.26. The van der Waals surface area contributed by atoms with Crippen LogP contribution in [0.25, 0.3) is 0 Å². The molecule has 1 aliphatic rings. The summed E-state index contributed by atoms with van der Waals surface area (Å²) in [6.45, 7) is 0. The molecule has 1 rings (SSSR count). The lowest BCUT2D eigenvalue weighted by Crippen LogP contribution is -2.18. The molecule has 2 amide bonds. The Kier molecular flexibility index (Phi) is 0.749. The number of rotatable bonds is 0. The zero-order valence-corrected chi connectivity index (χ0v) is 3.96. The first-order chi connectivity index (χ1) is 3.30. The molecule has 0 unspecified atom stereocenters. The van der Waals surface area contributed by atoms with Gasteiger partial charge >= 0.3 is 6.03 Å². The highest BCUT2D eigenvalue weighted by atomic mass is 16.2. The SMILES string of the molecule is CN1C=C[N]C1=O. The van der Waals surface area contributed by atoms with Gasteiger partial charge in [0.05, 0.1) is 0 Å². The molecule has 0 aromatic carbocycles. The molecule has 3 heteroatoms. The Labute approximate surface area is 41.6 Å². The fraction of sp³-hybridized carbons (Fsp3) is 0.250. The zero-order valence-electron chi connectivity index (χ0n) is 3.96. The van der Waals surface area contributed by atoms with Crippen molar-refractivity contribution in [3.05, 3.63) is 12.4 Å². The molecular formula is C4H5N2O. The van der Waals surface area contributed by atoms with Crippen molar-refractivity contribution in [3.63, 3.8) is 0 Å². The summed E-state index contributed by atoms with van der Waals surface area (Å²) in [6.07, 6.45) is 3.09. The van der Waals surface area contributed by atoms with Gasteiger partial charge in [-0.05, 0) is 0 Å². The molecule has 0 bridgehead atoms. The van der Waals surface area contributed by atoms with Crippen molar-refractivity contribution in [2.45, 2.75) is 0 Å². The maximum Gasteiger partial charge on any atom is 0.347 e. The first-order valence-electron chi connectivity index (χ1n) is 1.95. The molecule has 0 saturated carbocycles. The second-order valence-corrected chi connectivity index (χ2v) is 1.32. The van der Waals surface area contributed by atoms with E-state index in [-0.39, 0.29) is 6.03 Å².